The van der Waals surface area contributed by atoms with Crippen molar-refractivity contribution >= 4 is 11.3 Å². The lowest BCUT2D eigenvalue weighted by molar-refractivity contribution is 0.344. The van der Waals surface area contributed by atoms with Crippen LogP contribution in [0.25, 0.3) is 0 Å². The first kappa shape index (κ1) is 11.1. The Bertz CT molecular complexity index is 332. The van der Waals surface area contributed by atoms with Gasteiger partial charge in [0.05, 0.1) is 5.01 Å². The second-order valence-electron chi connectivity index (χ2n) is 5.06. The van der Waals surface area contributed by atoms with Gasteiger partial charge in [0.25, 0.3) is 0 Å². The molecule has 2 unspecified atom stereocenters. The van der Waals surface area contributed by atoms with Crippen LogP contribution < -0.4 is 0 Å². The van der Waals surface area contributed by atoms with Crippen LogP contribution in [0.4, 0.5) is 0 Å². The molecule has 0 radical (unpaired) electrons. The highest BCUT2D eigenvalue weighted by Gasteiger charge is 2.35. The van der Waals surface area contributed by atoms with E-state index in [1.807, 2.05) is 11.3 Å². The second kappa shape index (κ2) is 4.22. The molecule has 1 aliphatic rings. The van der Waals surface area contributed by atoms with Gasteiger partial charge < -0.3 is 4.90 Å². The molecule has 0 amide bonds. The van der Waals surface area contributed by atoms with Crippen LogP contribution in [0, 0.1) is 18.8 Å². The van der Waals surface area contributed by atoms with Crippen LogP contribution in [-0.4, -0.2) is 30.0 Å². The van der Waals surface area contributed by atoms with Crippen molar-refractivity contribution in [3.05, 3.63) is 16.1 Å². The molecular weight excluding hydrogens is 204 g/mol. The maximum Gasteiger partial charge on any atom is 0.0975 e. The molecule has 1 aromatic heterocycles. The summed E-state index contributed by atoms with van der Waals surface area (Å²) in [7, 11) is 2.22. The van der Waals surface area contributed by atoms with Crippen molar-refractivity contribution in [2.75, 3.05) is 20.1 Å². The molecule has 3 heteroatoms. The number of nitrogens with zero attached hydrogens (tertiary/aromatic N) is 2. The number of thiazole rings is 1. The molecule has 0 saturated carbocycles. The van der Waals surface area contributed by atoms with Gasteiger partial charge in [0.1, 0.15) is 0 Å². The van der Waals surface area contributed by atoms with Gasteiger partial charge in [0.2, 0.25) is 0 Å². The average molecular weight is 224 g/mol. The minimum Gasteiger partial charge on any atom is -0.305 e. The molecule has 84 valence electrons. The summed E-state index contributed by atoms with van der Waals surface area (Å²) in [5.74, 6) is 2.19. The summed E-state index contributed by atoms with van der Waals surface area (Å²) in [6.07, 6.45) is 0. The van der Waals surface area contributed by atoms with E-state index in [-0.39, 0.29) is 0 Å². The quantitative estimate of drug-likeness (QED) is 0.768. The van der Waals surface area contributed by atoms with Crippen molar-refractivity contribution in [2.45, 2.75) is 26.7 Å². The van der Waals surface area contributed by atoms with E-state index >= 15 is 0 Å². The smallest absolute Gasteiger partial charge is 0.0975 e. The molecule has 0 aliphatic carbocycles. The van der Waals surface area contributed by atoms with Crippen LogP contribution >= 0.6 is 11.3 Å². The lowest BCUT2D eigenvalue weighted by Crippen LogP contribution is -2.17. The average Bonchev–Trinajstić information content (AvgIpc) is 2.71. The van der Waals surface area contributed by atoms with Crippen molar-refractivity contribution in [2.24, 2.45) is 11.8 Å². The highest BCUT2D eigenvalue weighted by Crippen LogP contribution is 2.37. The lowest BCUT2D eigenvalue weighted by Gasteiger charge is -2.19. The Morgan fingerprint density at radius 3 is 2.73 bits per heavy atom. The van der Waals surface area contributed by atoms with E-state index in [0.717, 1.165) is 11.8 Å². The van der Waals surface area contributed by atoms with E-state index in [1.165, 1.54) is 23.8 Å². The van der Waals surface area contributed by atoms with Gasteiger partial charge in [-0.3, -0.25) is 0 Å². The first-order valence-electron chi connectivity index (χ1n) is 5.68. The molecule has 0 bridgehead atoms. The monoisotopic (exact) mass is 224 g/mol. The number of likely N-dealkylation sites (N-methyl/N-ethyl adjacent to an activating group) is 1. The van der Waals surface area contributed by atoms with Crippen molar-refractivity contribution in [3.63, 3.8) is 0 Å². The Kier molecular flexibility index (Phi) is 3.12. The van der Waals surface area contributed by atoms with E-state index in [4.69, 9.17) is 0 Å². The number of rotatable bonds is 2. The molecule has 1 saturated heterocycles. The van der Waals surface area contributed by atoms with Crippen molar-refractivity contribution in [1.29, 1.82) is 0 Å². The van der Waals surface area contributed by atoms with E-state index in [1.54, 1.807) is 0 Å². The molecule has 15 heavy (non-hydrogen) atoms. The van der Waals surface area contributed by atoms with Gasteiger partial charge in [-0.15, -0.1) is 11.3 Å². The Morgan fingerprint density at radius 1 is 1.47 bits per heavy atom. The maximum absolute atomic E-state index is 4.65. The van der Waals surface area contributed by atoms with E-state index in [9.17, 15) is 0 Å². The van der Waals surface area contributed by atoms with Crippen molar-refractivity contribution in [3.8, 4) is 0 Å². The highest BCUT2D eigenvalue weighted by atomic mass is 32.1. The minimum absolute atomic E-state index is 0.661. The van der Waals surface area contributed by atoms with Crippen LogP contribution in [-0.2, 0) is 0 Å². The fraction of sp³-hybridized carbons (Fsp3) is 0.750. The number of likely N-dealkylation sites (tertiary alicyclic amines) is 1. The van der Waals surface area contributed by atoms with Gasteiger partial charge in [-0.25, -0.2) is 4.98 Å². The first-order valence-corrected chi connectivity index (χ1v) is 6.56. The molecule has 0 N–H and O–H groups in total. The van der Waals surface area contributed by atoms with Crippen LogP contribution in [0.2, 0.25) is 0 Å². The molecule has 2 heterocycles. The molecule has 1 aliphatic heterocycles. The molecular formula is C12H20N2S. The van der Waals surface area contributed by atoms with Gasteiger partial charge in [-0.05, 0) is 25.8 Å². The summed E-state index contributed by atoms with van der Waals surface area (Å²) < 4.78 is 0. The van der Waals surface area contributed by atoms with Gasteiger partial charge >= 0.3 is 0 Å². The summed E-state index contributed by atoms with van der Waals surface area (Å²) in [6, 6.07) is 0. The van der Waals surface area contributed by atoms with E-state index in [2.05, 4.69) is 43.1 Å². The molecule has 1 aromatic rings. The summed E-state index contributed by atoms with van der Waals surface area (Å²) in [4.78, 5) is 7.09. The van der Waals surface area contributed by atoms with E-state index in [0.29, 0.717) is 5.92 Å². The predicted molar refractivity (Wildman–Crippen MR) is 65.4 cm³/mol. The number of aromatic nitrogens is 1. The standard InChI is InChI=1S/C12H20N2S/c1-8(2)10-5-14(4)6-11(10)12-13-9(3)7-15-12/h7-8,10-11H,5-6H2,1-4H3. The zero-order valence-corrected chi connectivity index (χ0v) is 10.8. The van der Waals surface area contributed by atoms with Gasteiger partial charge in [0, 0.05) is 30.1 Å². The van der Waals surface area contributed by atoms with Gasteiger partial charge in [0.15, 0.2) is 0 Å². The van der Waals surface area contributed by atoms with Crippen LogP contribution in [0.5, 0.6) is 0 Å². The molecule has 0 aromatic carbocycles. The summed E-state index contributed by atoms with van der Waals surface area (Å²) in [5.41, 5.74) is 1.17. The van der Waals surface area contributed by atoms with Crippen molar-refractivity contribution < 1.29 is 0 Å². The fourth-order valence-electron chi connectivity index (χ4n) is 2.51. The summed E-state index contributed by atoms with van der Waals surface area (Å²) >= 11 is 1.83. The first-order chi connectivity index (χ1) is 7.08. The molecule has 2 rings (SSSR count). The maximum atomic E-state index is 4.65. The number of hydrogen-bond acceptors (Lipinski definition) is 3. The van der Waals surface area contributed by atoms with Crippen LogP contribution in [0.15, 0.2) is 5.38 Å². The Hall–Kier alpha value is -0.410. The lowest BCUT2D eigenvalue weighted by atomic mass is 9.86. The number of hydrogen-bond donors (Lipinski definition) is 0. The zero-order valence-electron chi connectivity index (χ0n) is 10.0. The largest absolute Gasteiger partial charge is 0.305 e. The predicted octanol–water partition coefficient (Wildman–Crippen LogP) is 2.75. The van der Waals surface area contributed by atoms with Crippen LogP contribution in [0.1, 0.15) is 30.5 Å². The fourth-order valence-corrected chi connectivity index (χ4v) is 3.48. The Morgan fingerprint density at radius 2 is 2.20 bits per heavy atom. The third-order valence-electron chi connectivity index (χ3n) is 3.36. The Labute approximate surface area is 96.3 Å². The molecule has 2 nitrogen and oxygen atoms in total. The minimum atomic E-state index is 0.661. The normalized spacial score (nSPS) is 27.8. The van der Waals surface area contributed by atoms with Crippen molar-refractivity contribution in [1.82, 2.24) is 9.88 Å². The zero-order chi connectivity index (χ0) is 11.0. The third-order valence-corrected chi connectivity index (χ3v) is 4.45. The molecule has 0 spiro atoms. The van der Waals surface area contributed by atoms with Crippen LogP contribution in [0.3, 0.4) is 0 Å². The highest BCUT2D eigenvalue weighted by molar-refractivity contribution is 7.09. The third kappa shape index (κ3) is 2.23. The SMILES string of the molecule is Cc1csc(C2CN(C)CC2C(C)C)n1. The molecule has 2 atom stereocenters. The summed E-state index contributed by atoms with van der Waals surface area (Å²) in [5, 5.41) is 3.51. The molecule has 1 fully saturated rings. The number of aryl methyl sites for hydroxylation is 1. The summed E-state index contributed by atoms with van der Waals surface area (Å²) in [6.45, 7) is 9.15. The van der Waals surface area contributed by atoms with Gasteiger partial charge in [-0.1, -0.05) is 13.8 Å². The topological polar surface area (TPSA) is 16.1 Å². The second-order valence-corrected chi connectivity index (χ2v) is 5.95. The van der Waals surface area contributed by atoms with Gasteiger partial charge in [-0.2, -0.15) is 0 Å². The Balaban J connectivity index is 2.20. The van der Waals surface area contributed by atoms with E-state index < -0.39 is 0 Å².